The minimum absolute atomic E-state index is 0.0330. The number of benzene rings is 3. The van der Waals surface area contributed by atoms with Crippen LogP contribution in [-0.4, -0.2) is 51.5 Å². The summed E-state index contributed by atoms with van der Waals surface area (Å²) in [6, 6.07) is 15.2. The van der Waals surface area contributed by atoms with Crippen LogP contribution < -0.4 is 10.0 Å². The topological polar surface area (TPSA) is 109 Å². The summed E-state index contributed by atoms with van der Waals surface area (Å²) in [5.74, 6) is -1.22. The first-order valence-electron chi connectivity index (χ1n) is 14.1. The zero-order valence-corrected chi connectivity index (χ0v) is 24.5. The molecular weight excluding hydrogens is 576 g/mol. The van der Waals surface area contributed by atoms with Gasteiger partial charge < -0.3 is 14.6 Å². The zero-order chi connectivity index (χ0) is 30.5. The lowest BCUT2D eigenvalue weighted by Crippen LogP contribution is -2.40. The van der Waals surface area contributed by atoms with Gasteiger partial charge in [0.25, 0.3) is 5.91 Å². The van der Waals surface area contributed by atoms with Crippen LogP contribution in [0.4, 0.5) is 14.5 Å². The Balaban J connectivity index is 1.36. The maximum atomic E-state index is 13.6. The number of likely N-dealkylation sites (tertiary alicyclic amines) is 1. The number of nitrogens with zero attached hydrogens (tertiary/aromatic N) is 1. The molecule has 8 nitrogen and oxygen atoms in total. The van der Waals surface area contributed by atoms with Gasteiger partial charge in [-0.2, -0.15) is 0 Å². The summed E-state index contributed by atoms with van der Waals surface area (Å²) in [6.07, 6.45) is 3.19. The molecule has 0 bridgehead atoms. The van der Waals surface area contributed by atoms with Gasteiger partial charge in [-0.15, -0.1) is 0 Å². The van der Waals surface area contributed by atoms with E-state index in [-0.39, 0.29) is 46.4 Å². The van der Waals surface area contributed by atoms with Gasteiger partial charge in [-0.05, 0) is 78.8 Å². The van der Waals surface area contributed by atoms with Gasteiger partial charge >= 0.3 is 0 Å². The molecule has 3 aromatic carbocycles. The Labute approximate surface area is 248 Å². The van der Waals surface area contributed by atoms with Crippen molar-refractivity contribution >= 4 is 38.5 Å². The SMILES string of the molecule is CNC(=O)c1c(-c2ccc(F)cc2)oc2cc(NS(C)(=O)=O)c([C@@H]3CCCN(C(=O)C4CC4c4ccc(F)cc4)C3)cc12. The van der Waals surface area contributed by atoms with Crippen LogP contribution in [-0.2, 0) is 14.8 Å². The molecule has 1 aliphatic heterocycles. The Morgan fingerprint density at radius 2 is 1.67 bits per heavy atom. The molecule has 1 aromatic heterocycles. The number of rotatable bonds is 7. The number of anilines is 1. The Morgan fingerprint density at radius 1 is 1.00 bits per heavy atom. The summed E-state index contributed by atoms with van der Waals surface area (Å²) in [4.78, 5) is 28.5. The number of fused-ring (bicyclic) bond motifs is 1. The first kappa shape index (κ1) is 28.9. The summed E-state index contributed by atoms with van der Waals surface area (Å²) >= 11 is 0. The van der Waals surface area contributed by atoms with Gasteiger partial charge in [0.15, 0.2) is 0 Å². The molecule has 2 amide bonds. The highest BCUT2D eigenvalue weighted by Crippen LogP contribution is 2.49. The fourth-order valence-electron chi connectivity index (χ4n) is 6.15. The number of carbonyl (C=O) groups excluding carboxylic acids is 2. The highest BCUT2D eigenvalue weighted by molar-refractivity contribution is 7.92. The van der Waals surface area contributed by atoms with Crippen LogP contribution in [0.1, 0.15) is 52.6 Å². The van der Waals surface area contributed by atoms with Crippen molar-refractivity contribution in [3.63, 3.8) is 0 Å². The predicted octanol–water partition coefficient (Wildman–Crippen LogP) is 5.62. The molecule has 2 unspecified atom stereocenters. The van der Waals surface area contributed by atoms with Crippen molar-refractivity contribution in [3.05, 3.63) is 89.0 Å². The van der Waals surface area contributed by atoms with Crippen molar-refractivity contribution in [2.24, 2.45) is 5.92 Å². The van der Waals surface area contributed by atoms with Crippen LogP contribution in [0.5, 0.6) is 0 Å². The maximum absolute atomic E-state index is 13.6. The quantitative estimate of drug-likeness (QED) is 0.284. The van der Waals surface area contributed by atoms with Crippen molar-refractivity contribution in [2.75, 3.05) is 31.1 Å². The number of carbonyl (C=O) groups is 2. The van der Waals surface area contributed by atoms with E-state index in [0.29, 0.717) is 48.1 Å². The summed E-state index contributed by atoms with van der Waals surface area (Å²) in [5.41, 5.74) is 2.93. The van der Waals surface area contributed by atoms with E-state index in [2.05, 4.69) is 10.0 Å². The average Bonchev–Trinajstić information content (AvgIpc) is 3.69. The van der Waals surface area contributed by atoms with E-state index in [9.17, 15) is 26.8 Å². The Bertz CT molecular complexity index is 1820. The smallest absolute Gasteiger partial charge is 0.255 e. The molecule has 2 aliphatic rings. The molecule has 1 saturated heterocycles. The van der Waals surface area contributed by atoms with E-state index in [4.69, 9.17) is 4.42 Å². The van der Waals surface area contributed by atoms with Gasteiger partial charge in [-0.1, -0.05) is 12.1 Å². The Kier molecular flexibility index (Phi) is 7.45. The summed E-state index contributed by atoms with van der Waals surface area (Å²) in [6.45, 7) is 0.969. The average molecular weight is 608 g/mol. The number of halogens is 2. The van der Waals surface area contributed by atoms with Gasteiger partial charge in [-0.25, -0.2) is 17.2 Å². The van der Waals surface area contributed by atoms with Crippen molar-refractivity contribution in [1.82, 2.24) is 10.2 Å². The van der Waals surface area contributed by atoms with Crippen molar-refractivity contribution < 1.29 is 31.2 Å². The van der Waals surface area contributed by atoms with Gasteiger partial charge in [0.2, 0.25) is 15.9 Å². The summed E-state index contributed by atoms with van der Waals surface area (Å²) < 4.78 is 60.5. The molecule has 3 atom stereocenters. The minimum Gasteiger partial charge on any atom is -0.455 e. The van der Waals surface area contributed by atoms with E-state index in [0.717, 1.165) is 18.2 Å². The fraction of sp³-hybridized carbons (Fsp3) is 0.312. The second-order valence-corrected chi connectivity index (χ2v) is 13.1. The first-order chi connectivity index (χ1) is 20.5. The Morgan fingerprint density at radius 3 is 2.33 bits per heavy atom. The second kappa shape index (κ2) is 11.1. The number of nitrogens with one attached hydrogen (secondary N) is 2. The van der Waals surface area contributed by atoms with Crippen molar-refractivity contribution in [2.45, 2.75) is 31.1 Å². The zero-order valence-electron chi connectivity index (χ0n) is 23.7. The molecule has 2 heterocycles. The fourth-order valence-corrected chi connectivity index (χ4v) is 6.73. The van der Waals surface area contributed by atoms with Crippen molar-refractivity contribution in [1.29, 1.82) is 0 Å². The summed E-state index contributed by atoms with van der Waals surface area (Å²) in [5, 5.41) is 3.12. The van der Waals surface area contributed by atoms with Crippen LogP contribution in [0, 0.1) is 17.6 Å². The number of hydrogen-bond donors (Lipinski definition) is 2. The van der Waals surface area contributed by atoms with E-state index >= 15 is 0 Å². The molecule has 1 saturated carbocycles. The highest BCUT2D eigenvalue weighted by atomic mass is 32.2. The molecule has 0 spiro atoms. The highest BCUT2D eigenvalue weighted by Gasteiger charge is 2.46. The monoisotopic (exact) mass is 607 g/mol. The van der Waals surface area contributed by atoms with Crippen LogP contribution in [0.3, 0.4) is 0 Å². The minimum atomic E-state index is -3.68. The molecule has 2 fully saturated rings. The van der Waals surface area contributed by atoms with E-state index in [1.165, 1.54) is 43.4 Å². The largest absolute Gasteiger partial charge is 0.455 e. The van der Waals surface area contributed by atoms with E-state index in [1.807, 2.05) is 4.90 Å². The number of piperidine rings is 1. The van der Waals surface area contributed by atoms with Crippen LogP contribution >= 0.6 is 0 Å². The lowest BCUT2D eigenvalue weighted by Gasteiger charge is -2.34. The molecule has 224 valence electrons. The lowest BCUT2D eigenvalue weighted by molar-refractivity contribution is -0.133. The molecule has 43 heavy (non-hydrogen) atoms. The van der Waals surface area contributed by atoms with E-state index in [1.54, 1.807) is 24.3 Å². The van der Waals surface area contributed by atoms with E-state index < -0.39 is 21.7 Å². The van der Waals surface area contributed by atoms with Gasteiger partial charge in [0.1, 0.15) is 23.0 Å². The molecule has 6 rings (SSSR count). The van der Waals surface area contributed by atoms with Crippen LogP contribution in [0.2, 0.25) is 0 Å². The third-order valence-corrected chi connectivity index (χ3v) is 8.89. The molecule has 11 heteroatoms. The van der Waals surface area contributed by atoms with Crippen LogP contribution in [0.25, 0.3) is 22.3 Å². The standard InChI is InChI=1S/C32H31F2N3O5S/c1-35-31(38)29-26-15-24(27(36-43(2,40)41)16-28(26)42-30(29)19-7-11-22(34)12-8-19)20-4-3-13-37(17-20)32(39)25-14-23(25)18-5-9-21(33)10-6-18/h5-12,15-16,20,23,25,36H,3-4,13-14,17H2,1-2H3,(H,35,38)/t20-,23?,25?/m1/s1. The van der Waals surface area contributed by atoms with Crippen LogP contribution in [0.15, 0.2) is 65.1 Å². The number of furan rings is 1. The van der Waals surface area contributed by atoms with Gasteiger partial charge in [-0.3, -0.25) is 14.3 Å². The number of sulfonamides is 1. The molecule has 2 N–H and O–H groups in total. The third-order valence-electron chi connectivity index (χ3n) is 8.29. The lowest BCUT2D eigenvalue weighted by atomic mass is 9.88. The molecule has 1 aliphatic carbocycles. The molecule has 4 aromatic rings. The summed E-state index contributed by atoms with van der Waals surface area (Å²) in [7, 11) is -2.18. The second-order valence-electron chi connectivity index (χ2n) is 11.3. The third kappa shape index (κ3) is 5.86. The van der Waals surface area contributed by atoms with Gasteiger partial charge in [0.05, 0.1) is 17.5 Å². The number of amides is 2. The first-order valence-corrected chi connectivity index (χ1v) is 16.0. The van der Waals surface area contributed by atoms with Gasteiger partial charge in [0, 0.05) is 49.0 Å². The van der Waals surface area contributed by atoms with Crippen molar-refractivity contribution in [3.8, 4) is 11.3 Å². The number of hydrogen-bond acceptors (Lipinski definition) is 5. The predicted molar refractivity (Wildman–Crippen MR) is 159 cm³/mol. The normalized spacial score (nSPS) is 20.2. The Hall–Kier alpha value is -4.25. The molecule has 0 radical (unpaired) electrons. The molecular formula is C32H31F2N3O5S. The maximum Gasteiger partial charge on any atom is 0.255 e.